The molecule has 0 aliphatic carbocycles. The Bertz CT molecular complexity index is 771. The third-order valence-electron chi connectivity index (χ3n) is 4.10. The SMILES string of the molecule is Cc1cccc(NC(=O)CC2Nc3ccccc3NC2=O)c1C. The Labute approximate surface area is 135 Å². The summed E-state index contributed by atoms with van der Waals surface area (Å²) < 4.78 is 0. The molecule has 2 amide bonds. The van der Waals surface area contributed by atoms with Crippen LogP contribution in [-0.2, 0) is 9.59 Å². The Balaban J connectivity index is 1.69. The molecule has 3 rings (SSSR count). The van der Waals surface area contributed by atoms with E-state index in [1.807, 2.05) is 56.3 Å². The smallest absolute Gasteiger partial charge is 0.247 e. The predicted molar refractivity (Wildman–Crippen MR) is 91.6 cm³/mol. The molecular formula is C18H19N3O2. The van der Waals surface area contributed by atoms with Crippen LogP contribution >= 0.6 is 0 Å². The van der Waals surface area contributed by atoms with Gasteiger partial charge in [-0.1, -0.05) is 24.3 Å². The van der Waals surface area contributed by atoms with Crippen LogP contribution in [0.25, 0.3) is 0 Å². The highest BCUT2D eigenvalue weighted by Crippen LogP contribution is 2.27. The molecule has 1 unspecified atom stereocenters. The second-order valence-electron chi connectivity index (χ2n) is 5.73. The summed E-state index contributed by atoms with van der Waals surface area (Å²) in [4.78, 5) is 24.4. The lowest BCUT2D eigenvalue weighted by molar-refractivity contribution is -0.122. The van der Waals surface area contributed by atoms with E-state index in [0.29, 0.717) is 0 Å². The Morgan fingerprint density at radius 2 is 1.83 bits per heavy atom. The summed E-state index contributed by atoms with van der Waals surface area (Å²) in [5.41, 5.74) is 4.50. The van der Waals surface area contributed by atoms with E-state index in [4.69, 9.17) is 0 Å². The first-order valence-electron chi connectivity index (χ1n) is 7.57. The van der Waals surface area contributed by atoms with Crippen molar-refractivity contribution in [2.45, 2.75) is 26.3 Å². The minimum atomic E-state index is -0.574. The van der Waals surface area contributed by atoms with E-state index in [1.54, 1.807) is 0 Å². The fourth-order valence-corrected chi connectivity index (χ4v) is 2.61. The standard InChI is InChI=1S/C18H19N3O2/c1-11-6-5-9-13(12(11)2)20-17(22)10-16-18(23)21-15-8-4-3-7-14(15)19-16/h3-9,16,19H,10H2,1-2H3,(H,20,22)(H,21,23). The van der Waals surface area contributed by atoms with Crippen LogP contribution in [0.1, 0.15) is 17.5 Å². The Hall–Kier alpha value is -2.82. The largest absolute Gasteiger partial charge is 0.372 e. The first-order chi connectivity index (χ1) is 11.0. The van der Waals surface area contributed by atoms with Crippen molar-refractivity contribution < 1.29 is 9.59 Å². The highest BCUT2D eigenvalue weighted by molar-refractivity contribution is 6.06. The number of hydrogen-bond acceptors (Lipinski definition) is 3. The average molecular weight is 309 g/mol. The fraction of sp³-hybridized carbons (Fsp3) is 0.222. The van der Waals surface area contributed by atoms with Crippen molar-refractivity contribution in [1.82, 2.24) is 0 Å². The normalized spacial score (nSPS) is 16.1. The number of benzene rings is 2. The van der Waals surface area contributed by atoms with Gasteiger partial charge in [0.2, 0.25) is 11.8 Å². The van der Waals surface area contributed by atoms with Gasteiger partial charge in [-0.25, -0.2) is 0 Å². The number of para-hydroxylation sites is 2. The lowest BCUT2D eigenvalue weighted by atomic mass is 10.1. The molecule has 1 atom stereocenters. The summed E-state index contributed by atoms with van der Waals surface area (Å²) >= 11 is 0. The molecule has 1 aliphatic heterocycles. The van der Waals surface area contributed by atoms with Crippen molar-refractivity contribution in [2.24, 2.45) is 0 Å². The van der Waals surface area contributed by atoms with Crippen LogP contribution in [0.4, 0.5) is 17.1 Å². The lowest BCUT2D eigenvalue weighted by Crippen LogP contribution is -2.41. The zero-order valence-corrected chi connectivity index (χ0v) is 13.1. The summed E-state index contributed by atoms with van der Waals surface area (Å²) in [6.45, 7) is 3.96. The van der Waals surface area contributed by atoms with Crippen LogP contribution < -0.4 is 16.0 Å². The van der Waals surface area contributed by atoms with Crippen LogP contribution in [0.15, 0.2) is 42.5 Å². The molecule has 0 fully saturated rings. The van der Waals surface area contributed by atoms with E-state index in [-0.39, 0.29) is 18.2 Å². The molecule has 0 saturated heterocycles. The maximum Gasteiger partial charge on any atom is 0.247 e. The Kier molecular flexibility index (Phi) is 4.02. The topological polar surface area (TPSA) is 70.2 Å². The summed E-state index contributed by atoms with van der Waals surface area (Å²) in [5, 5.41) is 8.82. The molecule has 0 saturated carbocycles. The quantitative estimate of drug-likeness (QED) is 0.816. The summed E-state index contributed by atoms with van der Waals surface area (Å²) in [6, 6.07) is 12.6. The molecule has 0 spiro atoms. The molecule has 5 nitrogen and oxygen atoms in total. The van der Waals surface area contributed by atoms with Crippen LogP contribution in [0.3, 0.4) is 0 Å². The fourth-order valence-electron chi connectivity index (χ4n) is 2.61. The van der Waals surface area contributed by atoms with Gasteiger partial charge in [-0.2, -0.15) is 0 Å². The van der Waals surface area contributed by atoms with Crippen LogP contribution in [-0.4, -0.2) is 17.9 Å². The minimum absolute atomic E-state index is 0.0769. The second-order valence-corrected chi connectivity index (χ2v) is 5.73. The van der Waals surface area contributed by atoms with Gasteiger partial charge in [-0.15, -0.1) is 0 Å². The monoisotopic (exact) mass is 309 g/mol. The Morgan fingerprint density at radius 3 is 2.61 bits per heavy atom. The van der Waals surface area contributed by atoms with E-state index >= 15 is 0 Å². The van der Waals surface area contributed by atoms with E-state index in [9.17, 15) is 9.59 Å². The number of carbonyl (C=O) groups is 2. The maximum atomic E-state index is 12.3. The first kappa shape index (κ1) is 15.1. The van der Waals surface area contributed by atoms with Crippen LogP contribution in [0.5, 0.6) is 0 Å². The van der Waals surface area contributed by atoms with Crippen molar-refractivity contribution in [2.75, 3.05) is 16.0 Å². The molecule has 118 valence electrons. The van der Waals surface area contributed by atoms with Crippen molar-refractivity contribution >= 4 is 28.9 Å². The molecule has 1 aliphatic rings. The zero-order chi connectivity index (χ0) is 16.4. The van der Waals surface area contributed by atoms with Gasteiger partial charge < -0.3 is 16.0 Å². The lowest BCUT2D eigenvalue weighted by Gasteiger charge is -2.26. The molecule has 2 aromatic carbocycles. The summed E-state index contributed by atoms with van der Waals surface area (Å²) in [6.07, 6.45) is 0.0769. The number of aryl methyl sites for hydroxylation is 1. The number of amides is 2. The van der Waals surface area contributed by atoms with Gasteiger partial charge in [0.05, 0.1) is 17.8 Å². The van der Waals surface area contributed by atoms with Crippen molar-refractivity contribution in [3.05, 3.63) is 53.6 Å². The second kappa shape index (κ2) is 6.12. The highest BCUT2D eigenvalue weighted by atomic mass is 16.2. The molecule has 0 radical (unpaired) electrons. The molecule has 5 heteroatoms. The first-order valence-corrected chi connectivity index (χ1v) is 7.57. The van der Waals surface area contributed by atoms with Gasteiger partial charge in [0.25, 0.3) is 0 Å². The van der Waals surface area contributed by atoms with E-state index in [1.165, 1.54) is 0 Å². The third kappa shape index (κ3) is 3.18. The van der Waals surface area contributed by atoms with Gasteiger partial charge >= 0.3 is 0 Å². The van der Waals surface area contributed by atoms with Gasteiger partial charge in [-0.3, -0.25) is 9.59 Å². The highest BCUT2D eigenvalue weighted by Gasteiger charge is 2.27. The molecule has 2 aromatic rings. The summed E-state index contributed by atoms with van der Waals surface area (Å²) in [5.74, 6) is -0.384. The van der Waals surface area contributed by atoms with E-state index < -0.39 is 6.04 Å². The molecule has 23 heavy (non-hydrogen) atoms. The number of nitrogens with one attached hydrogen (secondary N) is 3. The number of carbonyl (C=O) groups excluding carboxylic acids is 2. The molecule has 1 heterocycles. The molecule has 0 aromatic heterocycles. The number of anilines is 3. The van der Waals surface area contributed by atoms with Crippen LogP contribution in [0.2, 0.25) is 0 Å². The maximum absolute atomic E-state index is 12.3. The number of hydrogen-bond donors (Lipinski definition) is 3. The predicted octanol–water partition coefficient (Wildman–Crippen LogP) is 3.06. The van der Waals surface area contributed by atoms with Gasteiger partial charge in [0.15, 0.2) is 0 Å². The van der Waals surface area contributed by atoms with Crippen LogP contribution in [0, 0.1) is 13.8 Å². The van der Waals surface area contributed by atoms with Gasteiger partial charge in [0.1, 0.15) is 6.04 Å². The number of fused-ring (bicyclic) bond motifs is 1. The van der Waals surface area contributed by atoms with Gasteiger partial charge in [-0.05, 0) is 43.2 Å². The minimum Gasteiger partial charge on any atom is -0.372 e. The molecule has 0 bridgehead atoms. The van der Waals surface area contributed by atoms with Crippen molar-refractivity contribution in [1.29, 1.82) is 0 Å². The van der Waals surface area contributed by atoms with Crippen molar-refractivity contribution in [3.63, 3.8) is 0 Å². The van der Waals surface area contributed by atoms with E-state index in [0.717, 1.165) is 28.2 Å². The van der Waals surface area contributed by atoms with Crippen molar-refractivity contribution in [3.8, 4) is 0 Å². The molecular weight excluding hydrogens is 290 g/mol. The zero-order valence-electron chi connectivity index (χ0n) is 13.1. The number of rotatable bonds is 3. The molecule has 3 N–H and O–H groups in total. The Morgan fingerprint density at radius 1 is 1.09 bits per heavy atom. The summed E-state index contributed by atoms with van der Waals surface area (Å²) in [7, 11) is 0. The van der Waals surface area contributed by atoms with Gasteiger partial charge in [0, 0.05) is 5.69 Å². The third-order valence-corrected chi connectivity index (χ3v) is 4.10. The average Bonchev–Trinajstić information content (AvgIpc) is 2.52. The van der Waals surface area contributed by atoms with E-state index in [2.05, 4.69) is 16.0 Å².